The van der Waals surface area contributed by atoms with Gasteiger partial charge in [-0.25, -0.2) is 0 Å². The third kappa shape index (κ3) is 8.14. The smallest absolute Gasteiger partial charge is 0.0455 e. The Morgan fingerprint density at radius 1 is 0.562 bits per heavy atom. The molecule has 0 aliphatic carbocycles. The molecule has 0 N–H and O–H groups in total. The average Bonchev–Trinajstić information content (AvgIpc) is 2.83. The van der Waals surface area contributed by atoms with Crippen LogP contribution in [0.15, 0.2) is 58.5 Å². The van der Waals surface area contributed by atoms with Crippen molar-refractivity contribution < 1.29 is 0 Å². The highest BCUT2D eigenvalue weighted by molar-refractivity contribution is 5.88. The quantitative estimate of drug-likeness (QED) is 0.237. The number of hydrogen-bond acceptors (Lipinski definition) is 4. The number of nitrogens with zero attached hydrogens (tertiary/aromatic N) is 4. The lowest BCUT2D eigenvalue weighted by molar-refractivity contribution is 0.655. The molecule has 0 fully saturated rings. The normalized spacial score (nSPS) is 11.5. The van der Waals surface area contributed by atoms with E-state index in [4.69, 9.17) is 0 Å². The summed E-state index contributed by atoms with van der Waals surface area (Å²) in [4.78, 5) is 14.1. The first-order valence-corrected chi connectivity index (χ1v) is 12.4. The molecule has 0 spiro atoms. The van der Waals surface area contributed by atoms with Crippen LogP contribution in [0, 0.1) is 0 Å². The lowest BCUT2D eigenvalue weighted by Gasteiger charge is -2.22. The van der Waals surface area contributed by atoms with Gasteiger partial charge < -0.3 is 9.80 Å². The predicted molar refractivity (Wildman–Crippen MR) is 143 cm³/mol. The molecule has 0 aromatic heterocycles. The molecule has 4 heteroatoms. The van der Waals surface area contributed by atoms with Gasteiger partial charge in [0.2, 0.25) is 0 Å². The maximum absolute atomic E-state index is 4.68. The van der Waals surface area contributed by atoms with Crippen molar-refractivity contribution in [2.24, 2.45) is 9.98 Å². The second-order valence-electron chi connectivity index (χ2n) is 7.95. The molecule has 2 aromatic rings. The summed E-state index contributed by atoms with van der Waals surface area (Å²) in [5.41, 5.74) is 4.99. The summed E-state index contributed by atoms with van der Waals surface area (Å²) in [5, 5.41) is 0. The SMILES string of the molecule is CCN(CC)c1ccccc1/C=N/CCCCCC/N=C/c1ccccc1N(CC)CC. The number of rotatable bonds is 15. The topological polar surface area (TPSA) is 31.2 Å². The van der Waals surface area contributed by atoms with Crippen LogP contribution in [-0.4, -0.2) is 51.7 Å². The minimum Gasteiger partial charge on any atom is -0.372 e. The standard InChI is InChI=1S/C28H42N4/c1-5-31(6-2)27-19-13-11-17-25(27)23-29-21-15-9-10-16-22-30-24-26-18-12-14-20-28(26)32(7-3)8-4/h11-14,17-20,23-24H,5-10,15-16,21-22H2,1-4H3/b29-23+,30-24+. The van der Waals surface area contributed by atoms with Gasteiger partial charge in [0.25, 0.3) is 0 Å². The molecule has 2 rings (SSSR count). The van der Waals surface area contributed by atoms with Gasteiger partial charge in [0.1, 0.15) is 0 Å². The molecule has 0 unspecified atom stereocenters. The van der Waals surface area contributed by atoms with Gasteiger partial charge in [0.05, 0.1) is 0 Å². The first-order valence-electron chi connectivity index (χ1n) is 12.4. The number of hydrogen-bond donors (Lipinski definition) is 0. The second kappa shape index (κ2) is 15.2. The maximum Gasteiger partial charge on any atom is 0.0455 e. The van der Waals surface area contributed by atoms with E-state index in [2.05, 4.69) is 96.0 Å². The van der Waals surface area contributed by atoms with Crippen LogP contribution in [0.2, 0.25) is 0 Å². The Balaban J connectivity index is 1.69. The van der Waals surface area contributed by atoms with E-state index in [1.807, 2.05) is 12.4 Å². The molecule has 0 radical (unpaired) electrons. The van der Waals surface area contributed by atoms with Gasteiger partial charge in [-0.1, -0.05) is 49.2 Å². The fourth-order valence-corrected chi connectivity index (χ4v) is 3.98. The first-order chi connectivity index (χ1) is 15.7. The van der Waals surface area contributed by atoms with Crippen LogP contribution in [-0.2, 0) is 0 Å². The molecule has 0 aliphatic rings. The predicted octanol–water partition coefficient (Wildman–Crippen LogP) is 6.48. The molecule has 4 nitrogen and oxygen atoms in total. The fourth-order valence-electron chi connectivity index (χ4n) is 3.98. The molecule has 0 heterocycles. The van der Waals surface area contributed by atoms with E-state index in [0.29, 0.717) is 0 Å². The zero-order valence-electron chi connectivity index (χ0n) is 20.6. The Bertz CT molecular complexity index is 750. The van der Waals surface area contributed by atoms with E-state index in [1.165, 1.54) is 35.3 Å². The van der Waals surface area contributed by atoms with Crippen LogP contribution >= 0.6 is 0 Å². The summed E-state index contributed by atoms with van der Waals surface area (Å²) in [7, 11) is 0. The van der Waals surface area contributed by atoms with Gasteiger partial charge in [-0.05, 0) is 52.7 Å². The van der Waals surface area contributed by atoms with Crippen molar-refractivity contribution in [1.82, 2.24) is 0 Å². The fraction of sp³-hybridized carbons (Fsp3) is 0.500. The first kappa shape index (κ1) is 25.6. The minimum atomic E-state index is 0.896. The third-order valence-corrected chi connectivity index (χ3v) is 5.87. The summed E-state index contributed by atoms with van der Waals surface area (Å²) >= 11 is 0. The largest absolute Gasteiger partial charge is 0.372 e. The highest BCUT2D eigenvalue weighted by Crippen LogP contribution is 2.19. The van der Waals surface area contributed by atoms with E-state index in [9.17, 15) is 0 Å². The summed E-state index contributed by atoms with van der Waals surface area (Å²) < 4.78 is 0. The second-order valence-corrected chi connectivity index (χ2v) is 7.95. The zero-order valence-corrected chi connectivity index (χ0v) is 20.6. The number of para-hydroxylation sites is 2. The lowest BCUT2D eigenvalue weighted by Crippen LogP contribution is -2.23. The molecule has 0 saturated carbocycles. The van der Waals surface area contributed by atoms with E-state index in [0.717, 1.165) is 52.1 Å². The Hall–Kier alpha value is -2.62. The van der Waals surface area contributed by atoms with Crippen molar-refractivity contribution in [2.75, 3.05) is 49.1 Å². The summed E-state index contributed by atoms with van der Waals surface area (Å²) in [6, 6.07) is 17.1. The van der Waals surface area contributed by atoms with Crippen molar-refractivity contribution in [1.29, 1.82) is 0 Å². The van der Waals surface area contributed by atoms with Crippen LogP contribution in [0.4, 0.5) is 11.4 Å². The molecule has 0 aliphatic heterocycles. The molecule has 0 bridgehead atoms. The van der Waals surface area contributed by atoms with Crippen molar-refractivity contribution in [3.8, 4) is 0 Å². The van der Waals surface area contributed by atoms with Crippen molar-refractivity contribution in [2.45, 2.75) is 53.4 Å². The molecule has 32 heavy (non-hydrogen) atoms. The van der Waals surface area contributed by atoms with Crippen molar-refractivity contribution >= 4 is 23.8 Å². The van der Waals surface area contributed by atoms with Crippen LogP contribution in [0.1, 0.15) is 64.5 Å². The van der Waals surface area contributed by atoms with Crippen LogP contribution in [0.3, 0.4) is 0 Å². The van der Waals surface area contributed by atoms with E-state index < -0.39 is 0 Å². The minimum absolute atomic E-state index is 0.896. The molecule has 174 valence electrons. The number of aliphatic imine (C=N–C) groups is 2. The van der Waals surface area contributed by atoms with Crippen LogP contribution in [0.5, 0.6) is 0 Å². The Morgan fingerprint density at radius 3 is 1.31 bits per heavy atom. The molecular weight excluding hydrogens is 392 g/mol. The van der Waals surface area contributed by atoms with Gasteiger partial charge in [-0.2, -0.15) is 0 Å². The highest BCUT2D eigenvalue weighted by atomic mass is 15.1. The maximum atomic E-state index is 4.68. The number of benzene rings is 2. The Morgan fingerprint density at radius 2 is 0.938 bits per heavy atom. The van der Waals surface area contributed by atoms with Crippen molar-refractivity contribution in [3.05, 3.63) is 59.7 Å². The van der Waals surface area contributed by atoms with E-state index in [1.54, 1.807) is 0 Å². The Kier molecular flexibility index (Phi) is 12.2. The van der Waals surface area contributed by atoms with E-state index in [-0.39, 0.29) is 0 Å². The average molecular weight is 435 g/mol. The monoisotopic (exact) mass is 434 g/mol. The van der Waals surface area contributed by atoms with Crippen LogP contribution in [0.25, 0.3) is 0 Å². The Labute approximate surface area is 196 Å². The van der Waals surface area contributed by atoms with Gasteiger partial charge >= 0.3 is 0 Å². The lowest BCUT2D eigenvalue weighted by atomic mass is 10.1. The highest BCUT2D eigenvalue weighted by Gasteiger charge is 2.06. The van der Waals surface area contributed by atoms with Crippen molar-refractivity contribution in [3.63, 3.8) is 0 Å². The molecule has 0 amide bonds. The third-order valence-electron chi connectivity index (χ3n) is 5.87. The summed E-state index contributed by atoms with van der Waals surface area (Å²) in [6.07, 6.45) is 8.79. The molecule has 0 saturated heterocycles. The number of anilines is 2. The summed E-state index contributed by atoms with van der Waals surface area (Å²) in [5.74, 6) is 0. The van der Waals surface area contributed by atoms with Crippen LogP contribution < -0.4 is 9.80 Å². The van der Waals surface area contributed by atoms with Gasteiger partial charge in [-0.3, -0.25) is 9.98 Å². The van der Waals surface area contributed by atoms with E-state index >= 15 is 0 Å². The van der Waals surface area contributed by atoms with Gasteiger partial charge in [0.15, 0.2) is 0 Å². The molecule has 2 aromatic carbocycles. The summed E-state index contributed by atoms with van der Waals surface area (Å²) in [6.45, 7) is 14.7. The van der Waals surface area contributed by atoms with Gasteiger partial charge in [-0.15, -0.1) is 0 Å². The zero-order chi connectivity index (χ0) is 23.0. The molecular formula is C28H42N4. The van der Waals surface area contributed by atoms with Gasteiger partial charge in [0, 0.05) is 74.2 Å². The molecule has 0 atom stereocenters. The number of unbranched alkanes of at least 4 members (excludes halogenated alkanes) is 3.